The normalized spacial score (nSPS) is 24.1. The van der Waals surface area contributed by atoms with Crippen molar-refractivity contribution in [3.8, 4) is 0 Å². The van der Waals surface area contributed by atoms with Gasteiger partial charge in [0.25, 0.3) is 0 Å². The summed E-state index contributed by atoms with van der Waals surface area (Å²) in [6.07, 6.45) is 5.57. The first-order valence-electron chi connectivity index (χ1n) is 6.42. The van der Waals surface area contributed by atoms with Gasteiger partial charge in [-0.1, -0.05) is 20.3 Å². The van der Waals surface area contributed by atoms with Crippen LogP contribution < -0.4 is 5.32 Å². The Morgan fingerprint density at radius 1 is 1.50 bits per heavy atom. The summed E-state index contributed by atoms with van der Waals surface area (Å²) in [5.74, 6) is -0.0925. The summed E-state index contributed by atoms with van der Waals surface area (Å²) in [7, 11) is 0. The number of ether oxygens (including phenoxy) is 1. The third-order valence-corrected chi connectivity index (χ3v) is 3.27. The predicted octanol–water partition coefficient (Wildman–Crippen LogP) is 2.50. The van der Waals surface area contributed by atoms with Crippen LogP contribution in [0.3, 0.4) is 0 Å². The number of carbonyl (C=O) groups excluding carboxylic acids is 1. The molecular formula is C13H25NO2. The minimum absolute atomic E-state index is 0.0925. The molecule has 1 aliphatic carbocycles. The molecule has 1 aliphatic rings. The second-order valence-corrected chi connectivity index (χ2v) is 5.47. The zero-order valence-electron chi connectivity index (χ0n) is 10.8. The zero-order valence-corrected chi connectivity index (χ0v) is 10.8. The fourth-order valence-electron chi connectivity index (χ4n) is 2.48. The van der Waals surface area contributed by atoms with E-state index in [0.717, 1.165) is 6.54 Å². The molecule has 0 aromatic heterocycles. The zero-order chi connectivity index (χ0) is 12.0. The molecule has 0 aromatic rings. The number of rotatable bonds is 5. The first-order valence-corrected chi connectivity index (χ1v) is 6.42. The van der Waals surface area contributed by atoms with Crippen LogP contribution in [-0.4, -0.2) is 25.2 Å². The Kier molecular flexibility index (Phi) is 5.26. The maximum atomic E-state index is 11.1. The Labute approximate surface area is 98.9 Å². The van der Waals surface area contributed by atoms with Crippen molar-refractivity contribution in [3.05, 3.63) is 0 Å². The SMILES string of the molecule is CCOC(=O)CCNC1CCCC(C)(C)C1. The molecule has 1 fully saturated rings. The fourth-order valence-corrected chi connectivity index (χ4v) is 2.48. The lowest BCUT2D eigenvalue weighted by molar-refractivity contribution is -0.143. The molecule has 3 heteroatoms. The Balaban J connectivity index is 2.15. The largest absolute Gasteiger partial charge is 0.466 e. The molecule has 1 saturated carbocycles. The Bertz CT molecular complexity index is 226. The van der Waals surface area contributed by atoms with Crippen molar-refractivity contribution in [2.75, 3.05) is 13.2 Å². The van der Waals surface area contributed by atoms with Gasteiger partial charge in [0, 0.05) is 12.6 Å². The molecule has 0 spiro atoms. The van der Waals surface area contributed by atoms with Gasteiger partial charge in [-0.2, -0.15) is 0 Å². The van der Waals surface area contributed by atoms with Crippen LogP contribution in [0.2, 0.25) is 0 Å². The molecule has 16 heavy (non-hydrogen) atoms. The fraction of sp³-hybridized carbons (Fsp3) is 0.923. The van der Waals surface area contributed by atoms with Crippen LogP contribution in [0.25, 0.3) is 0 Å². The van der Waals surface area contributed by atoms with Gasteiger partial charge in [0.1, 0.15) is 0 Å². The lowest BCUT2D eigenvalue weighted by atomic mass is 9.75. The lowest BCUT2D eigenvalue weighted by Gasteiger charge is -2.35. The van der Waals surface area contributed by atoms with Crippen LogP contribution in [0.15, 0.2) is 0 Å². The molecule has 0 bridgehead atoms. The molecule has 0 aromatic carbocycles. The highest BCUT2D eigenvalue weighted by Crippen LogP contribution is 2.34. The third-order valence-electron chi connectivity index (χ3n) is 3.27. The van der Waals surface area contributed by atoms with E-state index in [0.29, 0.717) is 24.5 Å². The number of hydrogen-bond acceptors (Lipinski definition) is 3. The van der Waals surface area contributed by atoms with E-state index in [1.165, 1.54) is 25.7 Å². The smallest absolute Gasteiger partial charge is 0.307 e. The van der Waals surface area contributed by atoms with E-state index in [1.807, 2.05) is 6.92 Å². The summed E-state index contributed by atoms with van der Waals surface area (Å²) in [5.41, 5.74) is 0.458. The average Bonchev–Trinajstić information content (AvgIpc) is 2.16. The van der Waals surface area contributed by atoms with E-state index < -0.39 is 0 Å². The molecule has 1 atom stereocenters. The third kappa shape index (κ3) is 4.97. The van der Waals surface area contributed by atoms with Crippen molar-refractivity contribution in [2.24, 2.45) is 5.41 Å². The van der Waals surface area contributed by atoms with Crippen LogP contribution in [0.5, 0.6) is 0 Å². The summed E-state index contributed by atoms with van der Waals surface area (Å²) in [6.45, 7) is 7.72. The van der Waals surface area contributed by atoms with Gasteiger partial charge in [0.2, 0.25) is 0 Å². The summed E-state index contributed by atoms with van der Waals surface area (Å²) >= 11 is 0. The molecule has 0 aliphatic heterocycles. The lowest BCUT2D eigenvalue weighted by Crippen LogP contribution is -2.38. The Hall–Kier alpha value is -0.570. The van der Waals surface area contributed by atoms with E-state index >= 15 is 0 Å². The molecule has 0 saturated heterocycles. The standard InChI is InChI=1S/C13H25NO2/c1-4-16-12(15)7-9-14-11-6-5-8-13(2,3)10-11/h11,14H,4-10H2,1-3H3. The van der Waals surface area contributed by atoms with Gasteiger partial charge in [0.05, 0.1) is 13.0 Å². The number of carbonyl (C=O) groups is 1. The Morgan fingerprint density at radius 3 is 2.88 bits per heavy atom. The van der Waals surface area contributed by atoms with Gasteiger partial charge in [-0.3, -0.25) is 4.79 Å². The van der Waals surface area contributed by atoms with E-state index in [4.69, 9.17) is 4.74 Å². The molecule has 0 radical (unpaired) electrons. The van der Waals surface area contributed by atoms with Crippen LogP contribution in [0, 0.1) is 5.41 Å². The molecule has 94 valence electrons. The summed E-state index contributed by atoms with van der Waals surface area (Å²) < 4.78 is 4.89. The van der Waals surface area contributed by atoms with Crippen LogP contribution in [-0.2, 0) is 9.53 Å². The second-order valence-electron chi connectivity index (χ2n) is 5.47. The summed E-state index contributed by atoms with van der Waals surface area (Å²) in [6, 6.07) is 0.582. The van der Waals surface area contributed by atoms with Gasteiger partial charge >= 0.3 is 5.97 Å². The van der Waals surface area contributed by atoms with Crippen molar-refractivity contribution in [3.63, 3.8) is 0 Å². The Morgan fingerprint density at radius 2 is 2.25 bits per heavy atom. The molecule has 0 amide bonds. The maximum Gasteiger partial charge on any atom is 0.307 e. The van der Waals surface area contributed by atoms with Crippen molar-refractivity contribution < 1.29 is 9.53 Å². The molecule has 3 nitrogen and oxygen atoms in total. The molecule has 1 N–H and O–H groups in total. The van der Waals surface area contributed by atoms with E-state index in [9.17, 15) is 4.79 Å². The van der Waals surface area contributed by atoms with E-state index in [1.54, 1.807) is 0 Å². The maximum absolute atomic E-state index is 11.1. The van der Waals surface area contributed by atoms with E-state index in [2.05, 4.69) is 19.2 Å². The van der Waals surface area contributed by atoms with Gasteiger partial charge in [-0.15, -0.1) is 0 Å². The molecule has 1 unspecified atom stereocenters. The number of hydrogen-bond donors (Lipinski definition) is 1. The summed E-state index contributed by atoms with van der Waals surface area (Å²) in [5, 5.41) is 3.47. The highest BCUT2D eigenvalue weighted by molar-refractivity contribution is 5.69. The van der Waals surface area contributed by atoms with Gasteiger partial charge in [-0.05, 0) is 31.6 Å². The predicted molar refractivity (Wildman–Crippen MR) is 65.3 cm³/mol. The molecule has 1 rings (SSSR count). The molecular weight excluding hydrogens is 202 g/mol. The van der Waals surface area contributed by atoms with Crippen molar-refractivity contribution in [2.45, 2.75) is 58.9 Å². The van der Waals surface area contributed by atoms with E-state index in [-0.39, 0.29) is 5.97 Å². The van der Waals surface area contributed by atoms with Gasteiger partial charge in [0.15, 0.2) is 0 Å². The first kappa shape index (κ1) is 13.5. The first-order chi connectivity index (χ1) is 7.53. The monoisotopic (exact) mass is 227 g/mol. The highest BCUT2D eigenvalue weighted by atomic mass is 16.5. The highest BCUT2D eigenvalue weighted by Gasteiger charge is 2.27. The van der Waals surface area contributed by atoms with Crippen LogP contribution >= 0.6 is 0 Å². The van der Waals surface area contributed by atoms with Crippen LogP contribution in [0.1, 0.15) is 52.9 Å². The van der Waals surface area contributed by atoms with Gasteiger partial charge in [-0.25, -0.2) is 0 Å². The summed E-state index contributed by atoms with van der Waals surface area (Å²) in [4.78, 5) is 11.1. The minimum Gasteiger partial charge on any atom is -0.466 e. The topological polar surface area (TPSA) is 38.3 Å². The number of esters is 1. The van der Waals surface area contributed by atoms with Crippen molar-refractivity contribution in [1.29, 1.82) is 0 Å². The second kappa shape index (κ2) is 6.24. The number of nitrogens with one attached hydrogen (secondary N) is 1. The molecule has 0 heterocycles. The van der Waals surface area contributed by atoms with Gasteiger partial charge < -0.3 is 10.1 Å². The minimum atomic E-state index is -0.0925. The average molecular weight is 227 g/mol. The van der Waals surface area contributed by atoms with Crippen molar-refractivity contribution in [1.82, 2.24) is 5.32 Å². The van der Waals surface area contributed by atoms with Crippen LogP contribution in [0.4, 0.5) is 0 Å². The van der Waals surface area contributed by atoms with Crippen molar-refractivity contribution >= 4 is 5.97 Å². The quantitative estimate of drug-likeness (QED) is 0.733.